The second-order valence-corrected chi connectivity index (χ2v) is 6.12. The van der Waals surface area contributed by atoms with Gasteiger partial charge in [-0.05, 0) is 42.5 Å². The Bertz CT molecular complexity index is 919. The summed E-state index contributed by atoms with van der Waals surface area (Å²) in [7, 11) is 3.89. The maximum absolute atomic E-state index is 12.4. The average molecular weight is 364 g/mol. The number of hydrogen-bond acceptors (Lipinski definition) is 5. The molecule has 0 unspecified atom stereocenters. The molecule has 2 heterocycles. The first-order chi connectivity index (χ1) is 13.0. The third-order valence-corrected chi connectivity index (χ3v) is 3.91. The molecule has 2 aromatic heterocycles. The number of pyridine rings is 1. The van der Waals surface area contributed by atoms with Gasteiger partial charge in [-0.1, -0.05) is 0 Å². The fourth-order valence-electron chi connectivity index (χ4n) is 2.42. The molecule has 7 nitrogen and oxygen atoms in total. The monoisotopic (exact) mass is 364 g/mol. The summed E-state index contributed by atoms with van der Waals surface area (Å²) in [5.41, 5.74) is 2.30. The molecule has 0 aliphatic rings. The van der Waals surface area contributed by atoms with Gasteiger partial charge in [-0.3, -0.25) is 14.6 Å². The molecule has 0 fully saturated rings. The summed E-state index contributed by atoms with van der Waals surface area (Å²) in [5, 5.41) is 5.53. The van der Waals surface area contributed by atoms with Crippen molar-refractivity contribution in [3.63, 3.8) is 0 Å². The number of furan rings is 1. The van der Waals surface area contributed by atoms with Crippen molar-refractivity contribution in [2.24, 2.45) is 0 Å². The van der Waals surface area contributed by atoms with Crippen LogP contribution in [0.15, 0.2) is 65.5 Å². The summed E-state index contributed by atoms with van der Waals surface area (Å²) in [5.74, 6) is -0.0175. The van der Waals surface area contributed by atoms with Crippen LogP contribution in [0.5, 0.6) is 0 Å². The number of benzene rings is 1. The molecular weight excluding hydrogens is 344 g/mol. The van der Waals surface area contributed by atoms with E-state index in [0.29, 0.717) is 22.6 Å². The average Bonchev–Trinajstić information content (AvgIpc) is 3.20. The Morgan fingerprint density at radius 1 is 1.04 bits per heavy atom. The Kier molecular flexibility index (Phi) is 5.51. The van der Waals surface area contributed by atoms with Crippen LogP contribution in [0.2, 0.25) is 0 Å². The van der Waals surface area contributed by atoms with E-state index >= 15 is 0 Å². The Morgan fingerprint density at radius 2 is 1.74 bits per heavy atom. The topological polar surface area (TPSA) is 87.5 Å². The van der Waals surface area contributed by atoms with E-state index in [2.05, 4.69) is 15.6 Å². The van der Waals surface area contributed by atoms with Crippen LogP contribution < -0.4 is 15.5 Å². The standard InChI is InChI=1S/C20H20N4O3/c1-24(2)17-7-5-16(6-8-17)23-20(26)15-10-14(11-21-12-15)19(25)22-13-18-4-3-9-27-18/h3-12H,13H2,1-2H3,(H,22,25)(H,23,26). The maximum Gasteiger partial charge on any atom is 0.257 e. The molecule has 0 aliphatic carbocycles. The molecule has 0 spiro atoms. The third-order valence-electron chi connectivity index (χ3n) is 3.91. The van der Waals surface area contributed by atoms with Crippen LogP contribution in [-0.2, 0) is 6.54 Å². The summed E-state index contributed by atoms with van der Waals surface area (Å²) in [6, 6.07) is 12.5. The number of nitrogens with one attached hydrogen (secondary N) is 2. The molecule has 27 heavy (non-hydrogen) atoms. The fraction of sp³-hybridized carbons (Fsp3) is 0.150. The zero-order chi connectivity index (χ0) is 19.2. The van der Waals surface area contributed by atoms with E-state index < -0.39 is 0 Å². The molecule has 1 aromatic carbocycles. The van der Waals surface area contributed by atoms with Gasteiger partial charge < -0.3 is 20.0 Å². The highest BCUT2D eigenvalue weighted by atomic mass is 16.3. The SMILES string of the molecule is CN(C)c1ccc(NC(=O)c2cncc(C(=O)NCc3ccco3)c2)cc1. The van der Waals surface area contributed by atoms with E-state index in [9.17, 15) is 9.59 Å². The molecular formula is C20H20N4O3. The Morgan fingerprint density at radius 3 is 2.37 bits per heavy atom. The van der Waals surface area contributed by atoms with Crippen LogP contribution in [-0.4, -0.2) is 30.9 Å². The van der Waals surface area contributed by atoms with Gasteiger partial charge in [-0.25, -0.2) is 0 Å². The highest BCUT2D eigenvalue weighted by Crippen LogP contribution is 2.16. The van der Waals surface area contributed by atoms with Crippen LogP contribution in [0.1, 0.15) is 26.5 Å². The van der Waals surface area contributed by atoms with Gasteiger partial charge in [0.15, 0.2) is 0 Å². The number of carbonyl (C=O) groups excluding carboxylic acids is 2. The zero-order valence-corrected chi connectivity index (χ0v) is 15.1. The number of aromatic nitrogens is 1. The first kappa shape index (κ1) is 18.2. The van der Waals surface area contributed by atoms with Crippen molar-refractivity contribution in [3.05, 3.63) is 78.0 Å². The number of anilines is 2. The van der Waals surface area contributed by atoms with Gasteiger partial charge >= 0.3 is 0 Å². The molecule has 7 heteroatoms. The number of rotatable bonds is 6. The molecule has 0 saturated carbocycles. The normalized spacial score (nSPS) is 10.3. The third kappa shape index (κ3) is 4.72. The zero-order valence-electron chi connectivity index (χ0n) is 15.1. The van der Waals surface area contributed by atoms with E-state index in [1.807, 2.05) is 43.3 Å². The highest BCUT2D eigenvalue weighted by molar-refractivity contribution is 6.05. The molecule has 0 atom stereocenters. The molecule has 0 saturated heterocycles. The second kappa shape index (κ2) is 8.18. The highest BCUT2D eigenvalue weighted by Gasteiger charge is 2.12. The van der Waals surface area contributed by atoms with Gasteiger partial charge in [0.05, 0.1) is 23.9 Å². The van der Waals surface area contributed by atoms with Crippen molar-refractivity contribution in [1.82, 2.24) is 10.3 Å². The van der Waals surface area contributed by atoms with Crippen LogP contribution in [0.3, 0.4) is 0 Å². The van der Waals surface area contributed by atoms with Gasteiger partial charge in [0.1, 0.15) is 5.76 Å². The number of hydrogen-bond donors (Lipinski definition) is 2. The van der Waals surface area contributed by atoms with Gasteiger partial charge in [-0.15, -0.1) is 0 Å². The molecule has 2 N–H and O–H groups in total. The molecule has 0 aliphatic heterocycles. The van der Waals surface area contributed by atoms with Gasteiger partial charge in [-0.2, -0.15) is 0 Å². The van der Waals surface area contributed by atoms with Crippen LogP contribution in [0, 0.1) is 0 Å². The molecule has 3 rings (SSSR count). The first-order valence-electron chi connectivity index (χ1n) is 8.37. The van der Waals surface area contributed by atoms with Crippen LogP contribution in [0.25, 0.3) is 0 Å². The molecule has 138 valence electrons. The van der Waals surface area contributed by atoms with Gasteiger partial charge in [0.2, 0.25) is 0 Å². The van der Waals surface area contributed by atoms with Gasteiger partial charge in [0.25, 0.3) is 11.8 Å². The summed E-state index contributed by atoms with van der Waals surface area (Å²) < 4.78 is 5.17. The van der Waals surface area contributed by atoms with Crippen LogP contribution >= 0.6 is 0 Å². The summed E-state index contributed by atoms with van der Waals surface area (Å²) in [6.45, 7) is 0.264. The van der Waals surface area contributed by atoms with E-state index in [0.717, 1.165) is 5.69 Å². The lowest BCUT2D eigenvalue weighted by molar-refractivity contribution is 0.0947. The van der Waals surface area contributed by atoms with E-state index in [1.54, 1.807) is 18.4 Å². The molecule has 2 amide bonds. The van der Waals surface area contributed by atoms with Crippen molar-refractivity contribution >= 4 is 23.2 Å². The van der Waals surface area contributed by atoms with Gasteiger partial charge in [0, 0.05) is 37.9 Å². The van der Waals surface area contributed by atoms with E-state index in [-0.39, 0.29) is 18.4 Å². The quantitative estimate of drug-likeness (QED) is 0.702. The number of nitrogens with zero attached hydrogens (tertiary/aromatic N) is 2. The lowest BCUT2D eigenvalue weighted by Crippen LogP contribution is -2.23. The van der Waals surface area contributed by atoms with E-state index in [1.165, 1.54) is 18.5 Å². The lowest BCUT2D eigenvalue weighted by Gasteiger charge is -2.13. The van der Waals surface area contributed by atoms with Crippen molar-refractivity contribution in [1.29, 1.82) is 0 Å². The van der Waals surface area contributed by atoms with E-state index in [4.69, 9.17) is 4.42 Å². The van der Waals surface area contributed by atoms with Crippen molar-refractivity contribution in [3.8, 4) is 0 Å². The first-order valence-corrected chi connectivity index (χ1v) is 8.37. The smallest absolute Gasteiger partial charge is 0.257 e. The Balaban J connectivity index is 1.65. The minimum absolute atomic E-state index is 0.264. The second-order valence-electron chi connectivity index (χ2n) is 6.12. The van der Waals surface area contributed by atoms with Crippen molar-refractivity contribution < 1.29 is 14.0 Å². The minimum Gasteiger partial charge on any atom is -0.467 e. The molecule has 3 aromatic rings. The summed E-state index contributed by atoms with van der Waals surface area (Å²) in [4.78, 5) is 30.7. The fourth-order valence-corrected chi connectivity index (χ4v) is 2.42. The minimum atomic E-state index is -0.333. The lowest BCUT2D eigenvalue weighted by atomic mass is 10.1. The largest absolute Gasteiger partial charge is 0.467 e. The summed E-state index contributed by atoms with van der Waals surface area (Å²) >= 11 is 0. The van der Waals surface area contributed by atoms with Crippen molar-refractivity contribution in [2.75, 3.05) is 24.3 Å². The van der Waals surface area contributed by atoms with Crippen molar-refractivity contribution in [2.45, 2.75) is 6.54 Å². The number of amides is 2. The van der Waals surface area contributed by atoms with Crippen LogP contribution in [0.4, 0.5) is 11.4 Å². The molecule has 0 bridgehead atoms. The molecule has 0 radical (unpaired) electrons. The predicted octanol–water partition coefficient (Wildman–Crippen LogP) is 2.92. The summed E-state index contributed by atoms with van der Waals surface area (Å²) in [6.07, 6.45) is 4.38. The number of carbonyl (C=O) groups is 2. The predicted molar refractivity (Wildman–Crippen MR) is 103 cm³/mol. The Hall–Kier alpha value is -3.61. The maximum atomic E-state index is 12.4. The Labute approximate surface area is 157 Å².